The summed E-state index contributed by atoms with van der Waals surface area (Å²) in [5, 5.41) is 4.65. The molecule has 488 valence electrons. The highest BCUT2D eigenvalue weighted by atomic mass is 32.1. The quantitative estimate of drug-likeness (QED) is 0.0354. The fourth-order valence-corrected chi connectivity index (χ4v) is 16.6. The van der Waals surface area contributed by atoms with E-state index in [4.69, 9.17) is 29.9 Å². The predicted molar refractivity (Wildman–Crippen MR) is 388 cm³/mol. The van der Waals surface area contributed by atoms with Gasteiger partial charge in [-0.1, -0.05) is 311 Å². The summed E-state index contributed by atoms with van der Waals surface area (Å²) < 4.78 is 0. The third-order valence-corrected chi connectivity index (χ3v) is 22.3. The van der Waals surface area contributed by atoms with Crippen LogP contribution >= 0.6 is 34.0 Å². The van der Waals surface area contributed by atoms with Crippen molar-refractivity contribution in [3.8, 4) is 19.5 Å². The molecule has 0 amide bonds. The molecule has 0 aliphatic rings. The topological polar surface area (TPSA) is 77.3 Å². The Morgan fingerprint density at radius 1 is 0.207 bits per heavy atom. The number of rotatable bonds is 56. The molecule has 6 rings (SSSR count). The van der Waals surface area contributed by atoms with Gasteiger partial charge in [0.05, 0.1) is 53.7 Å². The van der Waals surface area contributed by atoms with Crippen LogP contribution in [0.25, 0.3) is 52.6 Å². The van der Waals surface area contributed by atoms with Crippen LogP contribution in [0.4, 0.5) is 0 Å². The van der Waals surface area contributed by atoms with Crippen molar-refractivity contribution in [2.24, 2.45) is 0 Å². The van der Waals surface area contributed by atoms with E-state index in [1.165, 1.54) is 362 Å². The summed E-state index contributed by atoms with van der Waals surface area (Å²) in [6.07, 6.45) is 69.5. The van der Waals surface area contributed by atoms with Crippen molar-refractivity contribution in [3.05, 3.63) is 44.9 Å². The molecule has 9 heteroatoms. The second kappa shape index (κ2) is 46.2. The summed E-state index contributed by atoms with van der Waals surface area (Å²) in [7, 11) is 0. The van der Waals surface area contributed by atoms with Crippen LogP contribution in [0.1, 0.15) is 384 Å². The molecule has 0 saturated heterocycles. The summed E-state index contributed by atoms with van der Waals surface area (Å²) in [5.41, 5.74) is 13.9. The normalized spacial score (nSPS) is 12.0. The number of hydrogen-bond acceptors (Lipinski definition) is 9. The summed E-state index contributed by atoms with van der Waals surface area (Å²) >= 11 is 5.61. The first kappa shape index (κ1) is 73.2. The maximum absolute atomic E-state index is 5.93. The van der Waals surface area contributed by atoms with Crippen molar-refractivity contribution in [1.29, 1.82) is 0 Å². The monoisotopic (exact) mass is 1240 g/mol. The van der Waals surface area contributed by atoms with Gasteiger partial charge in [0, 0.05) is 10.8 Å². The van der Waals surface area contributed by atoms with Crippen LogP contribution in [-0.4, -0.2) is 29.9 Å². The van der Waals surface area contributed by atoms with Crippen molar-refractivity contribution in [2.45, 2.75) is 388 Å². The number of nitrogens with zero attached hydrogens (tertiary/aromatic N) is 6. The van der Waals surface area contributed by atoms with E-state index in [2.05, 4.69) is 52.3 Å². The van der Waals surface area contributed by atoms with Gasteiger partial charge in [-0.25, -0.2) is 29.9 Å². The zero-order chi connectivity index (χ0) is 61.2. The molecule has 0 saturated carbocycles. The minimum Gasteiger partial charge on any atom is -0.248 e. The van der Waals surface area contributed by atoms with Gasteiger partial charge in [-0.2, -0.15) is 0 Å². The molecule has 0 aliphatic carbocycles. The van der Waals surface area contributed by atoms with Crippen LogP contribution in [0.2, 0.25) is 0 Å². The smallest absolute Gasteiger partial charge is 0.109 e. The maximum atomic E-state index is 5.93. The second-order valence-electron chi connectivity index (χ2n) is 26.8. The number of thiophene rings is 3. The summed E-state index contributed by atoms with van der Waals surface area (Å²) in [6, 6.07) is 0. The van der Waals surface area contributed by atoms with E-state index in [0.29, 0.717) is 0 Å². The van der Waals surface area contributed by atoms with Crippen molar-refractivity contribution in [2.75, 3.05) is 0 Å². The van der Waals surface area contributed by atoms with Gasteiger partial charge >= 0.3 is 0 Å². The Bertz CT molecular complexity index is 2520. The average Bonchev–Trinajstić information content (AvgIpc) is 1.63. The van der Waals surface area contributed by atoms with E-state index < -0.39 is 0 Å². The predicted octanol–water partition coefficient (Wildman–Crippen LogP) is 27.1. The summed E-state index contributed by atoms with van der Waals surface area (Å²) in [6.45, 7) is 13.9. The van der Waals surface area contributed by atoms with E-state index in [-0.39, 0.29) is 0 Å². The molecule has 0 aliphatic heterocycles. The highest BCUT2D eigenvalue weighted by Crippen LogP contribution is 2.49. The first-order valence-electron chi connectivity index (χ1n) is 37.9. The zero-order valence-corrected chi connectivity index (χ0v) is 59.7. The third kappa shape index (κ3) is 26.7. The van der Waals surface area contributed by atoms with Gasteiger partial charge in [0.15, 0.2) is 0 Å². The lowest BCUT2D eigenvalue weighted by Crippen LogP contribution is -2.04. The Balaban J connectivity index is 1.41. The lowest BCUT2D eigenvalue weighted by atomic mass is 10.0. The molecule has 0 N–H and O–H groups in total. The maximum Gasteiger partial charge on any atom is 0.109 e. The second-order valence-corrected chi connectivity index (χ2v) is 29.5. The average molecular weight is 1250 g/mol. The van der Waals surface area contributed by atoms with Gasteiger partial charge in [0.2, 0.25) is 0 Å². The number of aryl methyl sites for hydroxylation is 6. The Labute approximate surface area is 546 Å². The van der Waals surface area contributed by atoms with Crippen molar-refractivity contribution < 1.29 is 0 Å². The molecule has 6 nitrogen and oxygen atoms in total. The van der Waals surface area contributed by atoms with Crippen molar-refractivity contribution in [1.82, 2.24) is 29.9 Å². The van der Waals surface area contributed by atoms with Crippen LogP contribution in [0.15, 0.2) is 10.8 Å². The van der Waals surface area contributed by atoms with Crippen LogP contribution in [-0.2, 0) is 38.5 Å². The molecule has 6 aromatic rings. The number of hydrogen-bond donors (Lipinski definition) is 0. The van der Waals surface area contributed by atoms with E-state index in [0.717, 1.165) is 71.6 Å². The van der Waals surface area contributed by atoms with Gasteiger partial charge < -0.3 is 0 Å². The third-order valence-electron chi connectivity index (χ3n) is 18.9. The van der Waals surface area contributed by atoms with E-state index in [9.17, 15) is 0 Å². The number of fused-ring (bicyclic) bond motifs is 3. The Morgan fingerprint density at radius 3 is 0.609 bits per heavy atom. The lowest BCUT2D eigenvalue weighted by molar-refractivity contribution is 0.567. The molecule has 87 heavy (non-hydrogen) atoms. The molecule has 6 aromatic heterocycles. The zero-order valence-electron chi connectivity index (χ0n) is 57.2. The molecule has 0 spiro atoms. The fourth-order valence-electron chi connectivity index (χ4n) is 13.3. The molecule has 0 unspecified atom stereocenters. The lowest BCUT2D eigenvalue weighted by Gasteiger charge is -2.11. The van der Waals surface area contributed by atoms with Gasteiger partial charge in [0.25, 0.3) is 0 Å². The molecular weight excluding hydrogens is 1120 g/mol. The Hall–Kier alpha value is -2.88. The van der Waals surface area contributed by atoms with Crippen LogP contribution in [0.5, 0.6) is 0 Å². The highest BCUT2D eigenvalue weighted by molar-refractivity contribution is 7.28. The largest absolute Gasteiger partial charge is 0.248 e. The Morgan fingerprint density at radius 2 is 0.391 bits per heavy atom. The molecule has 0 aromatic carbocycles. The van der Waals surface area contributed by atoms with Gasteiger partial charge in [-0.15, -0.1) is 34.0 Å². The standard InChI is InChI=1S/C78H128N6S3/c1-7-13-19-25-31-37-43-49-55-63-65(57-51-45-39-33-27-21-15-9-3)81-71-69(79-63)61-85-75(71)77-73-74(84-68(60-54-48-42-36-30-24-18-12-6)67(83-73)59-53-47-41-35-29-23-17-11-5)78(87-77)76-72-70(62-86-76)80-64(56-50-44-38-32-26-20-14-8-2)66(82-72)58-52-46-40-34-28-22-16-10-4/h61-62H,7-60H2,1-6H3. The molecule has 0 bridgehead atoms. The minimum atomic E-state index is 1.00. The summed E-state index contributed by atoms with van der Waals surface area (Å²) in [4.78, 5) is 39.6. The SMILES string of the molecule is CCCCCCCCCCc1nc2csc(-c3sc(-c4scc5nc(CCCCCCCCCC)c(CCCCCCCCCC)nc45)c4nc(CCCCCCCCCC)c(CCCCCCCCCC)nc34)c2nc1CCCCCCCCCC. The Kier molecular flexibility index (Phi) is 38.9. The van der Waals surface area contributed by atoms with Gasteiger partial charge in [0.1, 0.15) is 33.1 Å². The van der Waals surface area contributed by atoms with E-state index in [1.807, 2.05) is 34.0 Å². The van der Waals surface area contributed by atoms with Crippen LogP contribution in [0, 0.1) is 0 Å². The molecule has 0 atom stereocenters. The minimum absolute atomic E-state index is 1.00. The van der Waals surface area contributed by atoms with Crippen molar-refractivity contribution in [3.63, 3.8) is 0 Å². The highest BCUT2D eigenvalue weighted by Gasteiger charge is 2.27. The molecule has 0 fully saturated rings. The van der Waals surface area contributed by atoms with E-state index in [1.54, 1.807) is 0 Å². The van der Waals surface area contributed by atoms with Gasteiger partial charge in [-0.05, 0) is 77.0 Å². The van der Waals surface area contributed by atoms with Crippen LogP contribution in [0.3, 0.4) is 0 Å². The molecular formula is C78H128N6S3. The summed E-state index contributed by atoms with van der Waals surface area (Å²) in [5.74, 6) is 0. The first-order valence-corrected chi connectivity index (χ1v) is 40.5. The van der Waals surface area contributed by atoms with Crippen LogP contribution < -0.4 is 0 Å². The van der Waals surface area contributed by atoms with Crippen molar-refractivity contribution >= 4 is 67.1 Å². The molecule has 0 radical (unpaired) electrons. The number of aromatic nitrogens is 6. The molecule has 6 heterocycles. The first-order chi connectivity index (χ1) is 43.0. The fraction of sp³-hybridized carbons (Fsp3) is 0.769. The van der Waals surface area contributed by atoms with Gasteiger partial charge in [-0.3, -0.25) is 0 Å². The van der Waals surface area contributed by atoms with E-state index >= 15 is 0 Å². The number of unbranched alkanes of at least 4 members (excludes halogenated alkanes) is 42.